The van der Waals surface area contributed by atoms with Crippen LogP contribution >= 0.6 is 23.5 Å². The van der Waals surface area contributed by atoms with Crippen LogP contribution in [0.5, 0.6) is 0 Å². The van der Waals surface area contributed by atoms with Gasteiger partial charge in [0.1, 0.15) is 0 Å². The van der Waals surface area contributed by atoms with Crippen LogP contribution in [0.3, 0.4) is 0 Å². The average molecular weight is 406 g/mol. The molecule has 0 radical (unpaired) electrons. The zero-order valence-electron chi connectivity index (χ0n) is 15.3. The van der Waals surface area contributed by atoms with E-state index in [-0.39, 0.29) is 5.91 Å². The van der Waals surface area contributed by atoms with Gasteiger partial charge in [-0.15, -0.1) is 22.0 Å². The van der Waals surface area contributed by atoms with Gasteiger partial charge in [0.15, 0.2) is 5.16 Å². The zero-order chi connectivity index (χ0) is 18.6. The van der Waals surface area contributed by atoms with Crippen molar-refractivity contribution in [3.8, 4) is 0 Å². The number of rotatable bonds is 7. The third-order valence-corrected chi connectivity index (χ3v) is 6.30. The highest BCUT2D eigenvalue weighted by molar-refractivity contribution is 7.99. The third-order valence-electron chi connectivity index (χ3n) is 4.57. The van der Waals surface area contributed by atoms with Crippen LogP contribution in [0.4, 0.5) is 11.6 Å². The van der Waals surface area contributed by atoms with Crippen molar-refractivity contribution < 1.29 is 9.53 Å². The zero-order valence-corrected chi connectivity index (χ0v) is 16.9. The Morgan fingerprint density at radius 3 is 2.78 bits per heavy atom. The maximum absolute atomic E-state index is 12.4. The van der Waals surface area contributed by atoms with E-state index in [1.807, 2.05) is 30.5 Å². The second-order valence-electron chi connectivity index (χ2n) is 6.52. The Bertz CT molecular complexity index is 803. The van der Waals surface area contributed by atoms with Crippen LogP contribution in [0, 0.1) is 0 Å². The summed E-state index contributed by atoms with van der Waals surface area (Å²) >= 11 is 3.08. The number of hydrogen-bond acceptors (Lipinski definition) is 7. The molecule has 144 valence electrons. The summed E-state index contributed by atoms with van der Waals surface area (Å²) in [6, 6.07) is 8.30. The van der Waals surface area contributed by atoms with Crippen LogP contribution in [0.2, 0.25) is 0 Å². The summed E-state index contributed by atoms with van der Waals surface area (Å²) < 4.78 is 7.65. The Morgan fingerprint density at radius 2 is 2.04 bits per heavy atom. The fourth-order valence-corrected chi connectivity index (χ4v) is 4.42. The van der Waals surface area contributed by atoms with E-state index < -0.39 is 0 Å². The molecule has 0 atom stereocenters. The largest absolute Gasteiger partial charge is 0.378 e. The van der Waals surface area contributed by atoms with Gasteiger partial charge in [-0.05, 0) is 31.2 Å². The van der Waals surface area contributed by atoms with Crippen LogP contribution in [0.1, 0.15) is 18.9 Å². The number of para-hydroxylation sites is 1. The van der Waals surface area contributed by atoms with Gasteiger partial charge in [0.2, 0.25) is 11.9 Å². The number of carbonyl (C=O) groups excluding carboxylic acids is 1. The van der Waals surface area contributed by atoms with Gasteiger partial charge in [-0.2, -0.15) is 0 Å². The lowest BCUT2D eigenvalue weighted by atomic mass is 10.3. The predicted molar refractivity (Wildman–Crippen MR) is 109 cm³/mol. The standard InChI is InChI=1S/C18H23N5O2S2/c1-26-15-5-3-2-4-14(15)19-16(24)12-27-18-21-20-17(23(18)13-6-7-13)22-8-10-25-11-9-22/h2-5,13H,6-12H2,1H3,(H,19,24). The molecule has 27 heavy (non-hydrogen) atoms. The van der Waals surface area contributed by atoms with Gasteiger partial charge < -0.3 is 15.0 Å². The third kappa shape index (κ3) is 4.41. The quantitative estimate of drug-likeness (QED) is 0.710. The van der Waals surface area contributed by atoms with Gasteiger partial charge in [0.05, 0.1) is 24.7 Å². The monoisotopic (exact) mass is 405 g/mol. The lowest BCUT2D eigenvalue weighted by Crippen LogP contribution is -2.38. The minimum Gasteiger partial charge on any atom is -0.378 e. The number of amides is 1. The van der Waals surface area contributed by atoms with Gasteiger partial charge in [0.25, 0.3) is 0 Å². The predicted octanol–water partition coefficient (Wildman–Crippen LogP) is 2.90. The minimum atomic E-state index is -0.0280. The number of carbonyl (C=O) groups is 1. The maximum Gasteiger partial charge on any atom is 0.234 e. The van der Waals surface area contributed by atoms with E-state index in [1.54, 1.807) is 11.8 Å². The van der Waals surface area contributed by atoms with Gasteiger partial charge in [0, 0.05) is 24.0 Å². The highest BCUT2D eigenvalue weighted by Crippen LogP contribution is 2.41. The molecule has 1 saturated heterocycles. The van der Waals surface area contributed by atoms with E-state index in [1.165, 1.54) is 11.8 Å². The van der Waals surface area contributed by atoms with Crippen LogP contribution in [0.25, 0.3) is 0 Å². The van der Waals surface area contributed by atoms with E-state index in [4.69, 9.17) is 4.74 Å². The lowest BCUT2D eigenvalue weighted by Gasteiger charge is -2.27. The van der Waals surface area contributed by atoms with E-state index in [0.717, 1.165) is 60.8 Å². The Morgan fingerprint density at radius 1 is 1.26 bits per heavy atom. The summed E-state index contributed by atoms with van der Waals surface area (Å²) in [4.78, 5) is 15.7. The molecule has 2 aromatic rings. The molecule has 9 heteroatoms. The van der Waals surface area contributed by atoms with Crippen molar-refractivity contribution in [3.05, 3.63) is 24.3 Å². The molecule has 2 heterocycles. The van der Waals surface area contributed by atoms with Crippen molar-refractivity contribution in [2.24, 2.45) is 0 Å². The fourth-order valence-electron chi connectivity index (χ4n) is 3.06. The first kappa shape index (κ1) is 18.6. The summed E-state index contributed by atoms with van der Waals surface area (Å²) in [7, 11) is 0. The van der Waals surface area contributed by atoms with E-state index >= 15 is 0 Å². The van der Waals surface area contributed by atoms with Gasteiger partial charge in [-0.3, -0.25) is 9.36 Å². The second-order valence-corrected chi connectivity index (χ2v) is 8.31. The summed E-state index contributed by atoms with van der Waals surface area (Å²) in [5, 5.41) is 12.6. The highest BCUT2D eigenvalue weighted by Gasteiger charge is 2.32. The Kier molecular flexibility index (Phi) is 5.89. The first-order valence-electron chi connectivity index (χ1n) is 9.09. The Hall–Kier alpha value is -1.71. The van der Waals surface area contributed by atoms with Crippen LogP contribution in [-0.2, 0) is 9.53 Å². The maximum atomic E-state index is 12.4. The van der Waals surface area contributed by atoms with Gasteiger partial charge >= 0.3 is 0 Å². The molecular formula is C18H23N5O2S2. The first-order chi connectivity index (χ1) is 13.3. The van der Waals surface area contributed by atoms with Crippen molar-refractivity contribution in [3.63, 3.8) is 0 Å². The molecule has 0 spiro atoms. The van der Waals surface area contributed by atoms with E-state index in [0.29, 0.717) is 11.8 Å². The molecule has 1 aromatic heterocycles. The number of anilines is 2. The highest BCUT2D eigenvalue weighted by atomic mass is 32.2. The minimum absolute atomic E-state index is 0.0280. The first-order valence-corrected chi connectivity index (χ1v) is 11.3. The number of thioether (sulfide) groups is 2. The van der Waals surface area contributed by atoms with E-state index in [2.05, 4.69) is 25.0 Å². The molecule has 1 aliphatic carbocycles. The van der Waals surface area contributed by atoms with Crippen LogP contribution in [0.15, 0.2) is 34.3 Å². The van der Waals surface area contributed by atoms with Crippen molar-refractivity contribution in [1.82, 2.24) is 14.8 Å². The normalized spacial score (nSPS) is 17.1. The summed E-state index contributed by atoms with van der Waals surface area (Å²) in [5.41, 5.74) is 0.855. The number of morpholine rings is 1. The summed E-state index contributed by atoms with van der Waals surface area (Å²) in [6.45, 7) is 3.11. The number of nitrogens with one attached hydrogen (secondary N) is 1. The van der Waals surface area contributed by atoms with Crippen LogP contribution < -0.4 is 10.2 Å². The number of aromatic nitrogens is 3. The molecule has 2 aliphatic rings. The average Bonchev–Trinajstić information content (AvgIpc) is 3.46. The van der Waals surface area contributed by atoms with E-state index in [9.17, 15) is 4.79 Å². The molecule has 1 saturated carbocycles. The molecule has 2 fully saturated rings. The lowest BCUT2D eigenvalue weighted by molar-refractivity contribution is -0.113. The molecule has 1 aliphatic heterocycles. The fraction of sp³-hybridized carbons (Fsp3) is 0.500. The molecule has 1 N–H and O–H groups in total. The Balaban J connectivity index is 1.42. The van der Waals surface area contributed by atoms with Crippen molar-refractivity contribution in [2.75, 3.05) is 48.5 Å². The molecule has 7 nitrogen and oxygen atoms in total. The molecule has 0 unspecified atom stereocenters. The number of nitrogens with zero attached hydrogens (tertiary/aromatic N) is 4. The molecule has 4 rings (SSSR count). The van der Waals surface area contributed by atoms with Gasteiger partial charge in [-0.1, -0.05) is 23.9 Å². The number of ether oxygens (including phenoxy) is 1. The molecule has 1 aromatic carbocycles. The molecular weight excluding hydrogens is 382 g/mol. The number of benzene rings is 1. The number of hydrogen-bond donors (Lipinski definition) is 1. The van der Waals surface area contributed by atoms with Gasteiger partial charge in [-0.25, -0.2) is 0 Å². The van der Waals surface area contributed by atoms with Crippen molar-refractivity contribution >= 4 is 41.1 Å². The summed E-state index contributed by atoms with van der Waals surface area (Å²) in [5.74, 6) is 1.20. The second kappa shape index (κ2) is 8.53. The molecule has 1 amide bonds. The molecule has 0 bridgehead atoms. The SMILES string of the molecule is CSc1ccccc1NC(=O)CSc1nnc(N2CCOCC2)n1C1CC1. The smallest absolute Gasteiger partial charge is 0.234 e. The Labute approximate surface area is 167 Å². The van der Waals surface area contributed by atoms with Crippen molar-refractivity contribution in [2.45, 2.75) is 28.9 Å². The summed E-state index contributed by atoms with van der Waals surface area (Å²) in [6.07, 6.45) is 4.30. The van der Waals surface area contributed by atoms with Crippen molar-refractivity contribution in [1.29, 1.82) is 0 Å². The topological polar surface area (TPSA) is 72.3 Å². The van der Waals surface area contributed by atoms with Crippen LogP contribution in [-0.4, -0.2) is 59.0 Å².